The van der Waals surface area contributed by atoms with Crippen LogP contribution in [0, 0.1) is 0 Å². The summed E-state index contributed by atoms with van der Waals surface area (Å²) in [7, 11) is 1.64. The number of hydrogen-bond acceptors (Lipinski definition) is 3. The summed E-state index contributed by atoms with van der Waals surface area (Å²) in [6.45, 7) is 0.470. The third-order valence-corrected chi connectivity index (χ3v) is 2.18. The predicted molar refractivity (Wildman–Crippen MR) is 51.4 cm³/mol. The number of halogens is 1. The summed E-state index contributed by atoms with van der Waals surface area (Å²) < 4.78 is 7.89. The summed E-state index contributed by atoms with van der Waals surface area (Å²) in [6, 6.07) is 3.83. The molecule has 0 aliphatic rings. The molecule has 2 aromatic heterocycles. The van der Waals surface area contributed by atoms with Crippen LogP contribution in [0.2, 0.25) is 0 Å². The van der Waals surface area contributed by atoms with Crippen LogP contribution >= 0.6 is 15.9 Å². The molecule has 2 rings (SSSR count). The fraction of sp³-hybridized carbons (Fsp3) is 0.250. The van der Waals surface area contributed by atoms with E-state index in [9.17, 15) is 0 Å². The first kappa shape index (κ1) is 8.65. The molecule has 2 heterocycles. The van der Waals surface area contributed by atoms with Gasteiger partial charge in [-0.25, -0.2) is 0 Å². The fourth-order valence-corrected chi connectivity index (χ4v) is 1.48. The maximum Gasteiger partial charge on any atom is 0.163 e. The molecule has 0 N–H and O–H groups in total. The predicted octanol–water partition coefficient (Wildman–Crippen LogP) is 1.64. The Kier molecular flexibility index (Phi) is 2.28. The quantitative estimate of drug-likeness (QED) is 0.803. The van der Waals surface area contributed by atoms with Crippen molar-refractivity contribution in [1.29, 1.82) is 0 Å². The minimum Gasteiger partial charge on any atom is -0.377 e. The second-order valence-corrected chi connectivity index (χ2v) is 3.54. The summed E-state index contributed by atoms with van der Waals surface area (Å²) in [5.41, 5.74) is 0.829. The van der Waals surface area contributed by atoms with Crippen molar-refractivity contribution in [3.05, 3.63) is 28.6 Å². The van der Waals surface area contributed by atoms with Gasteiger partial charge in [0, 0.05) is 17.8 Å². The van der Waals surface area contributed by atoms with Crippen LogP contribution in [0.5, 0.6) is 0 Å². The zero-order valence-electron chi connectivity index (χ0n) is 7.07. The lowest BCUT2D eigenvalue weighted by Crippen LogP contribution is -1.95. The minimum atomic E-state index is 0.470. The fourth-order valence-electron chi connectivity index (χ4n) is 1.14. The lowest BCUT2D eigenvalue weighted by molar-refractivity contribution is 0.177. The van der Waals surface area contributed by atoms with E-state index in [0.29, 0.717) is 6.61 Å². The second-order valence-electron chi connectivity index (χ2n) is 2.62. The van der Waals surface area contributed by atoms with E-state index in [-0.39, 0.29) is 0 Å². The molecule has 4 nitrogen and oxygen atoms in total. The summed E-state index contributed by atoms with van der Waals surface area (Å²) in [5.74, 6) is 0.804. The number of ether oxygens (including phenoxy) is 1. The van der Waals surface area contributed by atoms with Crippen LogP contribution in [-0.4, -0.2) is 21.7 Å². The van der Waals surface area contributed by atoms with Gasteiger partial charge in [-0.1, -0.05) is 0 Å². The standard InChI is InChI=1S/C8H8BrN3O/c1-13-5-8-11-10-7-3-2-6(9)4-12(7)8/h2-4H,5H2,1H3. The molecule has 0 saturated heterocycles. The molecule has 0 amide bonds. The Morgan fingerprint density at radius 2 is 2.31 bits per heavy atom. The highest BCUT2D eigenvalue weighted by Crippen LogP contribution is 2.12. The van der Waals surface area contributed by atoms with Crippen LogP contribution in [0.1, 0.15) is 5.82 Å². The molecule has 13 heavy (non-hydrogen) atoms. The molecule has 2 aromatic rings. The molecule has 0 fully saturated rings. The van der Waals surface area contributed by atoms with Gasteiger partial charge >= 0.3 is 0 Å². The van der Waals surface area contributed by atoms with Crippen LogP contribution in [0.15, 0.2) is 22.8 Å². The number of methoxy groups -OCH3 is 1. The third-order valence-electron chi connectivity index (χ3n) is 1.71. The number of hydrogen-bond donors (Lipinski definition) is 0. The summed E-state index contributed by atoms with van der Waals surface area (Å²) in [6.07, 6.45) is 1.92. The van der Waals surface area contributed by atoms with Crippen LogP contribution < -0.4 is 0 Å². The lowest BCUT2D eigenvalue weighted by Gasteiger charge is -1.97. The summed E-state index contributed by atoms with van der Waals surface area (Å²) >= 11 is 3.39. The minimum absolute atomic E-state index is 0.470. The highest BCUT2D eigenvalue weighted by molar-refractivity contribution is 9.10. The summed E-state index contributed by atoms with van der Waals surface area (Å²) in [4.78, 5) is 0. The van der Waals surface area contributed by atoms with Gasteiger partial charge < -0.3 is 4.74 Å². The Bertz CT molecular complexity index is 426. The Labute approximate surface area is 83.7 Å². The smallest absolute Gasteiger partial charge is 0.163 e. The highest BCUT2D eigenvalue weighted by atomic mass is 79.9. The Hall–Kier alpha value is -0.940. The van der Waals surface area contributed by atoms with Gasteiger partial charge in [0.05, 0.1) is 0 Å². The number of rotatable bonds is 2. The van der Waals surface area contributed by atoms with Crippen molar-refractivity contribution < 1.29 is 4.74 Å². The van der Waals surface area contributed by atoms with E-state index in [4.69, 9.17) is 4.74 Å². The van der Waals surface area contributed by atoms with Crippen LogP contribution in [0.4, 0.5) is 0 Å². The maximum absolute atomic E-state index is 5.00. The average molecular weight is 242 g/mol. The van der Waals surface area contributed by atoms with Gasteiger partial charge in [0.25, 0.3) is 0 Å². The first-order chi connectivity index (χ1) is 6.31. The van der Waals surface area contributed by atoms with Crippen LogP contribution in [0.25, 0.3) is 5.65 Å². The van der Waals surface area contributed by atoms with E-state index in [1.165, 1.54) is 0 Å². The van der Waals surface area contributed by atoms with Crippen molar-refractivity contribution in [2.45, 2.75) is 6.61 Å². The molecule has 68 valence electrons. The second kappa shape index (κ2) is 3.43. The lowest BCUT2D eigenvalue weighted by atomic mass is 10.5. The molecule has 0 unspecified atom stereocenters. The molecule has 5 heteroatoms. The molecule has 0 saturated carbocycles. The molecule has 0 spiro atoms. The maximum atomic E-state index is 5.00. The number of fused-ring (bicyclic) bond motifs is 1. The van der Waals surface area contributed by atoms with Gasteiger partial charge in [-0.05, 0) is 28.1 Å². The van der Waals surface area contributed by atoms with Crippen LogP contribution in [-0.2, 0) is 11.3 Å². The van der Waals surface area contributed by atoms with Gasteiger partial charge in [-0.3, -0.25) is 4.40 Å². The van der Waals surface area contributed by atoms with Crippen molar-refractivity contribution in [1.82, 2.24) is 14.6 Å². The van der Waals surface area contributed by atoms with Crippen LogP contribution in [0.3, 0.4) is 0 Å². The molecule has 0 atom stereocenters. The van der Waals surface area contributed by atoms with Gasteiger partial charge in [-0.15, -0.1) is 10.2 Å². The van der Waals surface area contributed by atoms with Gasteiger partial charge in [0.15, 0.2) is 11.5 Å². The van der Waals surface area contributed by atoms with Crippen molar-refractivity contribution >= 4 is 21.6 Å². The average Bonchev–Trinajstić information content (AvgIpc) is 2.49. The molecular weight excluding hydrogens is 234 g/mol. The van der Waals surface area contributed by atoms with E-state index in [1.54, 1.807) is 7.11 Å². The number of pyridine rings is 1. The van der Waals surface area contributed by atoms with E-state index in [2.05, 4.69) is 26.1 Å². The largest absolute Gasteiger partial charge is 0.377 e. The first-order valence-corrected chi connectivity index (χ1v) is 4.58. The van der Waals surface area contributed by atoms with E-state index in [0.717, 1.165) is 15.9 Å². The number of nitrogens with zero attached hydrogens (tertiary/aromatic N) is 3. The zero-order chi connectivity index (χ0) is 9.26. The van der Waals surface area contributed by atoms with E-state index < -0.39 is 0 Å². The molecule has 0 bridgehead atoms. The Morgan fingerprint density at radius 1 is 1.46 bits per heavy atom. The molecule has 0 aliphatic heterocycles. The normalized spacial score (nSPS) is 10.9. The van der Waals surface area contributed by atoms with Gasteiger partial charge in [0.1, 0.15) is 6.61 Å². The monoisotopic (exact) mass is 241 g/mol. The Balaban J connectivity index is 2.58. The summed E-state index contributed by atoms with van der Waals surface area (Å²) in [5, 5.41) is 7.98. The van der Waals surface area contributed by atoms with Crippen molar-refractivity contribution in [2.75, 3.05) is 7.11 Å². The van der Waals surface area contributed by atoms with E-state index >= 15 is 0 Å². The van der Waals surface area contributed by atoms with Crippen molar-refractivity contribution in [2.24, 2.45) is 0 Å². The zero-order valence-corrected chi connectivity index (χ0v) is 8.65. The third kappa shape index (κ3) is 1.57. The van der Waals surface area contributed by atoms with Crippen molar-refractivity contribution in [3.8, 4) is 0 Å². The number of aromatic nitrogens is 3. The highest BCUT2D eigenvalue weighted by Gasteiger charge is 2.03. The molecule has 0 radical (unpaired) electrons. The Morgan fingerprint density at radius 3 is 3.08 bits per heavy atom. The van der Waals surface area contributed by atoms with E-state index in [1.807, 2.05) is 22.7 Å². The molecular formula is C8H8BrN3O. The van der Waals surface area contributed by atoms with Gasteiger partial charge in [-0.2, -0.15) is 0 Å². The molecule has 0 aliphatic carbocycles. The topological polar surface area (TPSA) is 39.4 Å². The van der Waals surface area contributed by atoms with Crippen molar-refractivity contribution in [3.63, 3.8) is 0 Å². The van der Waals surface area contributed by atoms with Gasteiger partial charge in [0.2, 0.25) is 0 Å². The molecule has 0 aromatic carbocycles. The SMILES string of the molecule is COCc1nnc2ccc(Br)cn12. The first-order valence-electron chi connectivity index (χ1n) is 3.79.